The molecule has 18 heavy (non-hydrogen) atoms. The van der Waals surface area contributed by atoms with E-state index < -0.39 is 5.91 Å². The lowest BCUT2D eigenvalue weighted by Crippen LogP contribution is -2.45. The van der Waals surface area contributed by atoms with Crippen LogP contribution in [0.4, 0.5) is 5.82 Å². The lowest BCUT2D eigenvalue weighted by molar-refractivity contribution is 0.0995. The smallest absolute Gasteiger partial charge is 0.268 e. The average molecular weight is 250 g/mol. The second-order valence-electron chi connectivity index (χ2n) is 4.17. The zero-order valence-corrected chi connectivity index (χ0v) is 10.2. The molecule has 7 heteroatoms. The Morgan fingerprint density at radius 2 is 2.22 bits per heavy atom. The topological polar surface area (TPSA) is 96.2 Å². The fourth-order valence-electron chi connectivity index (χ4n) is 1.85. The quantitative estimate of drug-likeness (QED) is 0.613. The van der Waals surface area contributed by atoms with Crippen LogP contribution in [0.15, 0.2) is 12.4 Å². The molecule has 1 fully saturated rings. The fourth-order valence-corrected chi connectivity index (χ4v) is 1.85. The van der Waals surface area contributed by atoms with E-state index in [1.807, 2.05) is 0 Å². The van der Waals surface area contributed by atoms with Crippen LogP contribution in [0.25, 0.3) is 0 Å². The van der Waals surface area contributed by atoms with Crippen LogP contribution in [0, 0.1) is 0 Å². The van der Waals surface area contributed by atoms with Gasteiger partial charge in [-0.25, -0.2) is 4.98 Å². The van der Waals surface area contributed by atoms with Crippen LogP contribution in [0.3, 0.4) is 0 Å². The van der Waals surface area contributed by atoms with E-state index in [2.05, 4.69) is 25.5 Å². The molecule has 2 heterocycles. The molecule has 1 aliphatic heterocycles. The molecule has 1 aromatic heterocycles. The Hall–Kier alpha value is -1.73. The van der Waals surface area contributed by atoms with Crippen LogP contribution in [-0.2, 0) is 0 Å². The van der Waals surface area contributed by atoms with E-state index in [1.165, 1.54) is 6.20 Å². The second kappa shape index (κ2) is 6.27. The summed E-state index contributed by atoms with van der Waals surface area (Å²) in [6.07, 6.45) is 2.95. The molecule has 0 atom stereocenters. The first-order valence-electron chi connectivity index (χ1n) is 6.04. The summed E-state index contributed by atoms with van der Waals surface area (Å²) in [5.74, 6) is 0.0229. The summed E-state index contributed by atoms with van der Waals surface area (Å²) in [5.41, 5.74) is 5.33. The van der Waals surface area contributed by atoms with E-state index in [0.29, 0.717) is 5.82 Å². The van der Waals surface area contributed by atoms with E-state index in [1.54, 1.807) is 6.20 Å². The number of hydrogen-bond donors (Lipinski definition) is 3. The van der Waals surface area contributed by atoms with Crippen molar-refractivity contribution in [1.29, 1.82) is 0 Å². The minimum atomic E-state index is -0.562. The molecule has 1 aromatic rings. The summed E-state index contributed by atoms with van der Waals surface area (Å²) in [7, 11) is 0. The highest BCUT2D eigenvalue weighted by Gasteiger charge is 2.09. The van der Waals surface area contributed by atoms with Crippen molar-refractivity contribution in [2.45, 2.75) is 0 Å². The summed E-state index contributed by atoms with van der Waals surface area (Å²) in [5, 5.41) is 6.45. The molecule has 98 valence electrons. The van der Waals surface area contributed by atoms with Gasteiger partial charge in [-0.1, -0.05) is 0 Å². The van der Waals surface area contributed by atoms with Crippen molar-refractivity contribution in [3.63, 3.8) is 0 Å². The van der Waals surface area contributed by atoms with Gasteiger partial charge in [0.25, 0.3) is 5.91 Å². The molecule has 7 nitrogen and oxygen atoms in total. The third kappa shape index (κ3) is 3.64. The Morgan fingerprint density at radius 1 is 1.44 bits per heavy atom. The van der Waals surface area contributed by atoms with E-state index in [4.69, 9.17) is 5.73 Å². The number of primary amides is 1. The van der Waals surface area contributed by atoms with Gasteiger partial charge in [0, 0.05) is 39.3 Å². The first kappa shape index (κ1) is 12.7. The largest absolute Gasteiger partial charge is 0.367 e. The van der Waals surface area contributed by atoms with E-state index in [9.17, 15) is 4.79 Å². The van der Waals surface area contributed by atoms with Crippen molar-refractivity contribution in [2.24, 2.45) is 5.73 Å². The SMILES string of the molecule is NC(=O)c1cncc(NCCN2CCNCC2)n1. The molecular weight excluding hydrogens is 232 g/mol. The van der Waals surface area contributed by atoms with Crippen molar-refractivity contribution in [3.05, 3.63) is 18.1 Å². The maximum Gasteiger partial charge on any atom is 0.268 e. The van der Waals surface area contributed by atoms with E-state index >= 15 is 0 Å². The predicted molar refractivity (Wildman–Crippen MR) is 68.3 cm³/mol. The number of anilines is 1. The number of carbonyl (C=O) groups is 1. The van der Waals surface area contributed by atoms with Crippen LogP contribution >= 0.6 is 0 Å². The highest BCUT2D eigenvalue weighted by molar-refractivity contribution is 5.90. The maximum atomic E-state index is 11.0. The molecule has 1 amide bonds. The second-order valence-corrected chi connectivity index (χ2v) is 4.17. The van der Waals surface area contributed by atoms with Crippen molar-refractivity contribution in [2.75, 3.05) is 44.6 Å². The van der Waals surface area contributed by atoms with E-state index in [-0.39, 0.29) is 5.69 Å². The van der Waals surface area contributed by atoms with Gasteiger partial charge >= 0.3 is 0 Å². The molecule has 0 bridgehead atoms. The first-order valence-corrected chi connectivity index (χ1v) is 6.04. The Labute approximate surface area is 106 Å². The van der Waals surface area contributed by atoms with E-state index in [0.717, 1.165) is 39.3 Å². The van der Waals surface area contributed by atoms with Crippen molar-refractivity contribution in [1.82, 2.24) is 20.2 Å². The van der Waals surface area contributed by atoms with Gasteiger partial charge in [-0.3, -0.25) is 14.7 Å². The Bertz CT molecular complexity index is 404. The Kier molecular flexibility index (Phi) is 4.43. The average Bonchev–Trinajstić information content (AvgIpc) is 2.40. The third-order valence-corrected chi connectivity index (χ3v) is 2.83. The predicted octanol–water partition coefficient (Wildman–Crippen LogP) is -1.11. The molecule has 0 saturated carbocycles. The molecule has 0 unspecified atom stereocenters. The molecule has 2 rings (SSSR count). The number of rotatable bonds is 5. The number of amides is 1. The monoisotopic (exact) mass is 250 g/mol. The standard InChI is InChI=1S/C11H18N6O/c12-11(18)9-7-14-8-10(16-9)15-3-6-17-4-1-13-2-5-17/h7-8,13H,1-6H2,(H2,12,18)(H,15,16). The van der Waals surface area contributed by atoms with Crippen LogP contribution in [-0.4, -0.2) is 60.0 Å². The Balaban J connectivity index is 1.78. The minimum Gasteiger partial charge on any atom is -0.367 e. The van der Waals surface area contributed by atoms with Crippen molar-refractivity contribution < 1.29 is 4.79 Å². The number of hydrogen-bond acceptors (Lipinski definition) is 6. The molecule has 0 aromatic carbocycles. The molecule has 1 aliphatic rings. The molecule has 0 aliphatic carbocycles. The number of carbonyl (C=O) groups excluding carboxylic acids is 1. The molecular formula is C11H18N6O. The highest BCUT2D eigenvalue weighted by Crippen LogP contribution is 2.01. The fraction of sp³-hybridized carbons (Fsp3) is 0.545. The maximum absolute atomic E-state index is 11.0. The number of nitrogens with two attached hydrogens (primary N) is 1. The number of nitrogens with zero attached hydrogens (tertiary/aromatic N) is 3. The Morgan fingerprint density at radius 3 is 2.94 bits per heavy atom. The normalized spacial score (nSPS) is 16.4. The summed E-state index contributed by atoms with van der Waals surface area (Å²) in [4.78, 5) is 21.3. The van der Waals surface area contributed by atoms with Gasteiger partial charge in [-0.05, 0) is 0 Å². The van der Waals surface area contributed by atoms with Gasteiger partial charge in [-0.2, -0.15) is 0 Å². The first-order chi connectivity index (χ1) is 8.75. The van der Waals surface area contributed by atoms with Crippen molar-refractivity contribution in [3.8, 4) is 0 Å². The molecule has 0 spiro atoms. The summed E-state index contributed by atoms with van der Waals surface area (Å²) < 4.78 is 0. The van der Waals surface area contributed by atoms with Gasteiger partial charge < -0.3 is 16.4 Å². The van der Waals surface area contributed by atoms with Crippen LogP contribution in [0.5, 0.6) is 0 Å². The lowest BCUT2D eigenvalue weighted by atomic mass is 10.3. The number of piperazine rings is 1. The van der Waals surface area contributed by atoms with Crippen LogP contribution < -0.4 is 16.4 Å². The zero-order valence-electron chi connectivity index (χ0n) is 10.2. The van der Waals surface area contributed by atoms with Gasteiger partial charge in [0.15, 0.2) is 0 Å². The summed E-state index contributed by atoms with van der Waals surface area (Å²) in [6.45, 7) is 5.93. The lowest BCUT2D eigenvalue weighted by Gasteiger charge is -2.27. The molecule has 0 radical (unpaired) electrons. The van der Waals surface area contributed by atoms with Gasteiger partial charge in [0.1, 0.15) is 11.5 Å². The highest BCUT2D eigenvalue weighted by atomic mass is 16.1. The minimum absolute atomic E-state index is 0.183. The van der Waals surface area contributed by atoms with Crippen LogP contribution in [0.1, 0.15) is 10.5 Å². The number of nitrogens with one attached hydrogen (secondary N) is 2. The van der Waals surface area contributed by atoms with Gasteiger partial charge in [0.2, 0.25) is 0 Å². The van der Waals surface area contributed by atoms with Gasteiger partial charge in [-0.15, -0.1) is 0 Å². The molecule has 4 N–H and O–H groups in total. The summed E-state index contributed by atoms with van der Waals surface area (Å²) >= 11 is 0. The summed E-state index contributed by atoms with van der Waals surface area (Å²) in [6, 6.07) is 0. The zero-order chi connectivity index (χ0) is 12.8. The van der Waals surface area contributed by atoms with Crippen molar-refractivity contribution >= 4 is 11.7 Å². The van der Waals surface area contributed by atoms with Crippen LogP contribution in [0.2, 0.25) is 0 Å². The van der Waals surface area contributed by atoms with Gasteiger partial charge in [0.05, 0.1) is 12.4 Å². The number of aromatic nitrogens is 2. The third-order valence-electron chi connectivity index (χ3n) is 2.83. The molecule has 1 saturated heterocycles.